The predicted octanol–water partition coefficient (Wildman–Crippen LogP) is 1.27. The van der Waals surface area contributed by atoms with Gasteiger partial charge in [0.25, 0.3) is 5.89 Å². The Hall–Kier alpha value is -2.42. The Bertz CT molecular complexity index is 813. The molecular weight excluding hydrogens is 322 g/mol. The van der Waals surface area contributed by atoms with Crippen molar-refractivity contribution in [2.24, 2.45) is 0 Å². The number of aryl methyl sites for hydroxylation is 1. The number of carbonyl (C=O) groups excluding carboxylic acids is 1. The topological polar surface area (TPSA) is 103 Å². The van der Waals surface area contributed by atoms with E-state index in [1.807, 2.05) is 0 Å². The van der Waals surface area contributed by atoms with Crippen molar-refractivity contribution in [1.29, 1.82) is 0 Å². The first-order valence-electron chi connectivity index (χ1n) is 7.02. The number of sulfonamides is 1. The van der Waals surface area contributed by atoms with E-state index >= 15 is 0 Å². The lowest BCUT2D eigenvalue weighted by Gasteiger charge is -2.16. The van der Waals surface area contributed by atoms with E-state index in [2.05, 4.69) is 10.1 Å². The van der Waals surface area contributed by atoms with Crippen molar-refractivity contribution in [2.75, 3.05) is 16.6 Å². The summed E-state index contributed by atoms with van der Waals surface area (Å²) < 4.78 is 35.0. The molecule has 122 valence electrons. The highest BCUT2D eigenvalue weighted by Crippen LogP contribution is 2.24. The molecule has 1 aromatic carbocycles. The summed E-state index contributed by atoms with van der Waals surface area (Å²) >= 11 is 0. The second-order valence-corrected chi connectivity index (χ2v) is 7.11. The van der Waals surface area contributed by atoms with Crippen molar-refractivity contribution < 1.29 is 22.5 Å². The van der Waals surface area contributed by atoms with Crippen LogP contribution in [0.3, 0.4) is 0 Å². The van der Waals surface area contributed by atoms with Crippen LogP contribution >= 0.6 is 0 Å². The fourth-order valence-corrected chi connectivity index (χ4v) is 3.87. The molecule has 2 aromatic rings. The average molecular weight is 337 g/mol. The normalized spacial score (nSPS) is 16.5. The second-order valence-electron chi connectivity index (χ2n) is 5.10. The summed E-state index contributed by atoms with van der Waals surface area (Å²) in [6, 6.07) is 6.25. The summed E-state index contributed by atoms with van der Waals surface area (Å²) in [7, 11) is -3.23. The van der Waals surface area contributed by atoms with Crippen molar-refractivity contribution in [3.8, 4) is 0 Å². The van der Waals surface area contributed by atoms with Gasteiger partial charge in [0.05, 0.1) is 17.0 Å². The van der Waals surface area contributed by atoms with E-state index in [-0.39, 0.29) is 18.3 Å². The van der Waals surface area contributed by atoms with Crippen molar-refractivity contribution in [3.05, 3.63) is 41.5 Å². The lowest BCUT2D eigenvalue weighted by Crippen LogP contribution is -2.25. The van der Waals surface area contributed by atoms with E-state index in [0.717, 1.165) is 0 Å². The molecule has 0 bridgehead atoms. The van der Waals surface area contributed by atoms with Crippen LogP contribution in [0.15, 0.2) is 28.8 Å². The van der Waals surface area contributed by atoms with E-state index in [1.165, 1.54) is 16.4 Å². The number of ether oxygens (including phenoxy) is 1. The third-order valence-electron chi connectivity index (χ3n) is 3.39. The van der Waals surface area contributed by atoms with Crippen LogP contribution in [0.1, 0.15) is 28.5 Å². The number of rotatable bonds is 4. The molecule has 8 nitrogen and oxygen atoms in total. The molecule has 0 atom stereocenters. The van der Waals surface area contributed by atoms with E-state index in [0.29, 0.717) is 30.0 Å². The molecule has 0 N–H and O–H groups in total. The molecule has 1 fully saturated rings. The average Bonchev–Trinajstić information content (AvgIpc) is 3.10. The Labute approximate surface area is 133 Å². The maximum Gasteiger partial charge on any atom is 0.338 e. The van der Waals surface area contributed by atoms with Gasteiger partial charge in [-0.05, 0) is 37.6 Å². The minimum absolute atomic E-state index is 0.109. The van der Waals surface area contributed by atoms with Crippen LogP contribution in [0.2, 0.25) is 0 Å². The second kappa shape index (κ2) is 5.99. The number of aromatic nitrogens is 2. The standard InChI is InChI=1S/C14H15N3O5S/c1-10-15-13(22-16-10)9-21-14(18)11-3-5-12(6-4-11)17-7-2-8-23(17,19)20/h3-6H,2,7-9H2,1H3. The van der Waals surface area contributed by atoms with Gasteiger partial charge in [-0.2, -0.15) is 4.98 Å². The van der Waals surface area contributed by atoms with Crippen LogP contribution in [0.4, 0.5) is 5.69 Å². The van der Waals surface area contributed by atoms with Gasteiger partial charge in [0, 0.05) is 6.54 Å². The fourth-order valence-electron chi connectivity index (χ4n) is 2.30. The van der Waals surface area contributed by atoms with Gasteiger partial charge in [0.15, 0.2) is 12.4 Å². The van der Waals surface area contributed by atoms with Crippen molar-refractivity contribution in [2.45, 2.75) is 20.0 Å². The number of hydrogen-bond acceptors (Lipinski definition) is 7. The smallest absolute Gasteiger partial charge is 0.338 e. The first-order valence-corrected chi connectivity index (χ1v) is 8.63. The summed E-state index contributed by atoms with van der Waals surface area (Å²) in [6.07, 6.45) is 0.607. The number of hydrogen-bond donors (Lipinski definition) is 0. The summed E-state index contributed by atoms with van der Waals surface area (Å²) in [6.45, 7) is 2.02. The SMILES string of the molecule is Cc1noc(COC(=O)c2ccc(N3CCCS3(=O)=O)cc2)n1. The highest BCUT2D eigenvalue weighted by Gasteiger charge is 2.28. The lowest BCUT2D eigenvalue weighted by molar-refractivity contribution is 0.0430. The minimum Gasteiger partial charge on any atom is -0.452 e. The summed E-state index contributed by atoms with van der Waals surface area (Å²) in [4.78, 5) is 15.9. The summed E-state index contributed by atoms with van der Waals surface area (Å²) in [5, 5.41) is 3.60. The Morgan fingerprint density at radius 2 is 2.09 bits per heavy atom. The number of esters is 1. The van der Waals surface area contributed by atoms with Gasteiger partial charge in [-0.25, -0.2) is 13.2 Å². The van der Waals surface area contributed by atoms with Crippen molar-refractivity contribution >= 4 is 21.7 Å². The molecule has 0 unspecified atom stereocenters. The quantitative estimate of drug-likeness (QED) is 0.774. The molecule has 0 radical (unpaired) electrons. The minimum atomic E-state index is -3.23. The van der Waals surface area contributed by atoms with Gasteiger partial charge in [0.1, 0.15) is 0 Å². The predicted molar refractivity (Wildman–Crippen MR) is 80.3 cm³/mol. The molecular formula is C14H15N3O5S. The zero-order chi connectivity index (χ0) is 16.4. The van der Waals surface area contributed by atoms with Crippen LogP contribution in [-0.2, 0) is 21.4 Å². The highest BCUT2D eigenvalue weighted by atomic mass is 32.2. The van der Waals surface area contributed by atoms with Crippen molar-refractivity contribution in [1.82, 2.24) is 10.1 Å². The molecule has 9 heteroatoms. The van der Waals surface area contributed by atoms with Crippen LogP contribution < -0.4 is 4.31 Å². The monoisotopic (exact) mass is 337 g/mol. The molecule has 3 rings (SSSR count). The number of carbonyl (C=O) groups is 1. The van der Waals surface area contributed by atoms with Gasteiger partial charge in [-0.15, -0.1) is 0 Å². The number of anilines is 1. The maximum absolute atomic E-state index is 11.9. The zero-order valence-electron chi connectivity index (χ0n) is 12.4. The van der Waals surface area contributed by atoms with E-state index in [4.69, 9.17) is 9.26 Å². The number of benzene rings is 1. The lowest BCUT2D eigenvalue weighted by atomic mass is 10.2. The molecule has 1 saturated heterocycles. The zero-order valence-corrected chi connectivity index (χ0v) is 13.2. The third-order valence-corrected chi connectivity index (χ3v) is 5.26. The highest BCUT2D eigenvalue weighted by molar-refractivity contribution is 7.93. The van der Waals surface area contributed by atoms with Gasteiger partial charge in [-0.3, -0.25) is 4.31 Å². The Balaban J connectivity index is 1.66. The van der Waals surface area contributed by atoms with Crippen LogP contribution in [0.5, 0.6) is 0 Å². The molecule has 23 heavy (non-hydrogen) atoms. The Morgan fingerprint density at radius 1 is 1.35 bits per heavy atom. The number of nitrogens with zero attached hydrogens (tertiary/aromatic N) is 3. The molecule has 2 heterocycles. The first-order chi connectivity index (χ1) is 11.0. The Morgan fingerprint density at radius 3 is 2.65 bits per heavy atom. The fraction of sp³-hybridized carbons (Fsp3) is 0.357. The molecule has 1 aliphatic heterocycles. The van der Waals surface area contributed by atoms with Crippen molar-refractivity contribution in [3.63, 3.8) is 0 Å². The van der Waals surface area contributed by atoms with Crippen LogP contribution in [0, 0.1) is 6.92 Å². The largest absolute Gasteiger partial charge is 0.452 e. The molecule has 1 aliphatic rings. The van der Waals surface area contributed by atoms with Gasteiger partial charge < -0.3 is 9.26 Å². The molecule has 0 saturated carbocycles. The van der Waals surface area contributed by atoms with Gasteiger partial charge in [0.2, 0.25) is 10.0 Å². The van der Waals surface area contributed by atoms with Gasteiger partial charge in [-0.1, -0.05) is 5.16 Å². The summed E-state index contributed by atoms with van der Waals surface area (Å²) in [5.41, 5.74) is 0.869. The molecule has 0 amide bonds. The molecule has 1 aromatic heterocycles. The Kier molecular flexibility index (Phi) is 4.03. The first kappa shape index (κ1) is 15.5. The molecule has 0 aliphatic carbocycles. The summed E-state index contributed by atoms with van der Waals surface area (Å²) in [5.74, 6) is 0.292. The van der Waals surface area contributed by atoms with Crippen LogP contribution in [0.25, 0.3) is 0 Å². The molecule has 0 spiro atoms. The van der Waals surface area contributed by atoms with Gasteiger partial charge >= 0.3 is 5.97 Å². The maximum atomic E-state index is 11.9. The van der Waals surface area contributed by atoms with E-state index < -0.39 is 16.0 Å². The van der Waals surface area contributed by atoms with Crippen LogP contribution in [-0.4, -0.2) is 36.8 Å². The third kappa shape index (κ3) is 3.34. The van der Waals surface area contributed by atoms with E-state index in [1.54, 1.807) is 19.1 Å². The van der Waals surface area contributed by atoms with E-state index in [9.17, 15) is 13.2 Å².